The highest BCUT2D eigenvalue weighted by atomic mass is 16.1. The summed E-state index contributed by atoms with van der Waals surface area (Å²) in [7, 11) is 0. The number of rotatable bonds is 4. The van der Waals surface area contributed by atoms with Crippen molar-refractivity contribution < 1.29 is 4.79 Å². The zero-order valence-corrected chi connectivity index (χ0v) is 10.6. The number of aromatic nitrogens is 3. The van der Waals surface area contributed by atoms with Gasteiger partial charge >= 0.3 is 0 Å². The van der Waals surface area contributed by atoms with Crippen LogP contribution >= 0.6 is 0 Å². The number of carbonyl (C=O) groups excluding carboxylic acids is 1. The van der Waals surface area contributed by atoms with Crippen molar-refractivity contribution in [1.29, 1.82) is 0 Å². The highest BCUT2D eigenvalue weighted by Crippen LogP contribution is 2.19. The molecule has 1 amide bonds. The average Bonchev–Trinajstić information content (AvgIpc) is 3.05. The van der Waals surface area contributed by atoms with Gasteiger partial charge in [-0.3, -0.25) is 9.20 Å². The lowest BCUT2D eigenvalue weighted by molar-refractivity contribution is -0.121. The first-order chi connectivity index (χ1) is 9.33. The summed E-state index contributed by atoms with van der Waals surface area (Å²) in [6.07, 6.45) is 8.91. The first-order valence-electron chi connectivity index (χ1n) is 6.55. The topological polar surface area (TPSA) is 59.3 Å². The molecule has 1 aliphatic rings. The van der Waals surface area contributed by atoms with Gasteiger partial charge in [-0.25, -0.2) is 0 Å². The first-order valence-corrected chi connectivity index (χ1v) is 6.55. The summed E-state index contributed by atoms with van der Waals surface area (Å²) < 4.78 is 1.88. The summed E-state index contributed by atoms with van der Waals surface area (Å²) in [5.41, 5.74) is 0.797. The molecule has 3 rings (SSSR count). The number of hydrogen-bond donors (Lipinski definition) is 1. The van der Waals surface area contributed by atoms with E-state index in [0.29, 0.717) is 18.9 Å². The lowest BCUT2D eigenvalue weighted by atomic mass is 10.1. The van der Waals surface area contributed by atoms with Gasteiger partial charge in [-0.1, -0.05) is 18.2 Å². The standard InChI is InChI=1S/C14H16N4O/c19-14(9-11-5-1-2-6-11)15-10-13-17-16-12-7-3-4-8-18(12)13/h1,3-5,7-8,11H,2,6,9-10H2,(H,15,19)/t11-/m1/s1. The Kier molecular flexibility index (Phi) is 3.27. The fourth-order valence-electron chi connectivity index (χ4n) is 2.36. The molecule has 1 atom stereocenters. The first kappa shape index (κ1) is 11.9. The number of fused-ring (bicyclic) bond motifs is 1. The quantitative estimate of drug-likeness (QED) is 0.847. The number of nitrogens with zero attached hydrogens (tertiary/aromatic N) is 3. The molecule has 2 aromatic heterocycles. The Hall–Kier alpha value is -2.17. The maximum atomic E-state index is 11.8. The van der Waals surface area contributed by atoms with Gasteiger partial charge in [0.25, 0.3) is 0 Å². The lowest BCUT2D eigenvalue weighted by Crippen LogP contribution is -2.25. The molecule has 0 fully saturated rings. The number of pyridine rings is 1. The van der Waals surface area contributed by atoms with E-state index >= 15 is 0 Å². The third-order valence-corrected chi connectivity index (χ3v) is 3.39. The van der Waals surface area contributed by atoms with Gasteiger partial charge in [0.05, 0.1) is 6.54 Å². The van der Waals surface area contributed by atoms with Crippen LogP contribution in [0.2, 0.25) is 0 Å². The third kappa shape index (κ3) is 2.65. The van der Waals surface area contributed by atoms with Crippen LogP contribution in [0.25, 0.3) is 5.65 Å². The minimum absolute atomic E-state index is 0.0734. The van der Waals surface area contributed by atoms with E-state index in [1.165, 1.54) is 0 Å². The Labute approximate surface area is 111 Å². The van der Waals surface area contributed by atoms with Gasteiger partial charge < -0.3 is 5.32 Å². The Morgan fingerprint density at radius 3 is 3.21 bits per heavy atom. The van der Waals surface area contributed by atoms with E-state index in [-0.39, 0.29) is 5.91 Å². The number of allylic oxidation sites excluding steroid dienone is 2. The number of hydrogen-bond acceptors (Lipinski definition) is 3. The normalized spacial score (nSPS) is 18.0. The third-order valence-electron chi connectivity index (χ3n) is 3.39. The highest BCUT2D eigenvalue weighted by molar-refractivity contribution is 5.76. The molecule has 0 saturated heterocycles. The van der Waals surface area contributed by atoms with E-state index < -0.39 is 0 Å². The molecule has 5 nitrogen and oxygen atoms in total. The summed E-state index contributed by atoms with van der Waals surface area (Å²) in [6, 6.07) is 5.73. The summed E-state index contributed by atoms with van der Waals surface area (Å²) in [6.45, 7) is 0.417. The van der Waals surface area contributed by atoms with Crippen molar-refractivity contribution >= 4 is 11.6 Å². The monoisotopic (exact) mass is 256 g/mol. The van der Waals surface area contributed by atoms with Crippen molar-refractivity contribution in [2.24, 2.45) is 5.92 Å². The Morgan fingerprint density at radius 2 is 2.37 bits per heavy atom. The molecule has 2 aromatic rings. The Morgan fingerprint density at radius 1 is 1.42 bits per heavy atom. The second-order valence-corrected chi connectivity index (χ2v) is 4.79. The fraction of sp³-hybridized carbons (Fsp3) is 0.357. The van der Waals surface area contributed by atoms with E-state index in [9.17, 15) is 4.79 Å². The van der Waals surface area contributed by atoms with E-state index in [2.05, 4.69) is 27.7 Å². The maximum absolute atomic E-state index is 11.8. The van der Waals surface area contributed by atoms with E-state index in [1.54, 1.807) is 0 Å². The SMILES string of the molecule is O=C(C[C@@H]1C=CCC1)NCc1nnc2ccccn12. The van der Waals surface area contributed by atoms with Crippen LogP contribution in [0.4, 0.5) is 0 Å². The van der Waals surface area contributed by atoms with Crippen LogP contribution in [0.15, 0.2) is 36.5 Å². The van der Waals surface area contributed by atoms with Crippen molar-refractivity contribution in [3.8, 4) is 0 Å². The molecule has 0 radical (unpaired) electrons. The van der Waals surface area contributed by atoms with Crippen molar-refractivity contribution in [1.82, 2.24) is 19.9 Å². The molecule has 0 spiro atoms. The van der Waals surface area contributed by atoms with Gasteiger partial charge in [-0.15, -0.1) is 10.2 Å². The van der Waals surface area contributed by atoms with Crippen LogP contribution in [0, 0.1) is 5.92 Å². The van der Waals surface area contributed by atoms with Crippen LogP contribution in [0.3, 0.4) is 0 Å². The van der Waals surface area contributed by atoms with Crippen LogP contribution in [0.1, 0.15) is 25.1 Å². The molecule has 1 N–H and O–H groups in total. The second kappa shape index (κ2) is 5.22. The molecule has 98 valence electrons. The van der Waals surface area contributed by atoms with Gasteiger partial charge in [-0.05, 0) is 30.9 Å². The van der Waals surface area contributed by atoms with Crippen LogP contribution < -0.4 is 5.32 Å². The zero-order valence-electron chi connectivity index (χ0n) is 10.6. The summed E-state index contributed by atoms with van der Waals surface area (Å²) >= 11 is 0. The van der Waals surface area contributed by atoms with Gasteiger partial charge in [-0.2, -0.15) is 0 Å². The van der Waals surface area contributed by atoms with E-state index in [4.69, 9.17) is 0 Å². The van der Waals surface area contributed by atoms with Gasteiger partial charge in [0.15, 0.2) is 11.5 Å². The van der Waals surface area contributed by atoms with Crippen molar-refractivity contribution in [3.05, 3.63) is 42.4 Å². The lowest BCUT2D eigenvalue weighted by Gasteiger charge is -2.07. The van der Waals surface area contributed by atoms with Gasteiger partial charge in [0, 0.05) is 12.6 Å². The van der Waals surface area contributed by atoms with Crippen LogP contribution in [-0.2, 0) is 11.3 Å². The minimum atomic E-state index is 0.0734. The predicted octanol–water partition coefficient (Wildman–Crippen LogP) is 1.70. The largest absolute Gasteiger partial charge is 0.349 e. The van der Waals surface area contributed by atoms with Crippen molar-refractivity contribution in [3.63, 3.8) is 0 Å². The van der Waals surface area contributed by atoms with Crippen LogP contribution in [0.5, 0.6) is 0 Å². The molecule has 19 heavy (non-hydrogen) atoms. The number of carbonyl (C=O) groups is 1. The van der Waals surface area contributed by atoms with Gasteiger partial charge in [0.2, 0.25) is 5.91 Å². The van der Waals surface area contributed by atoms with Crippen LogP contribution in [-0.4, -0.2) is 20.5 Å². The highest BCUT2D eigenvalue weighted by Gasteiger charge is 2.14. The molecule has 5 heteroatoms. The Balaban J connectivity index is 1.59. The molecule has 0 bridgehead atoms. The molecular weight excluding hydrogens is 240 g/mol. The molecule has 0 aromatic carbocycles. The molecule has 0 aliphatic heterocycles. The second-order valence-electron chi connectivity index (χ2n) is 4.79. The molecule has 0 unspecified atom stereocenters. The number of nitrogens with one attached hydrogen (secondary N) is 1. The average molecular weight is 256 g/mol. The summed E-state index contributed by atoms with van der Waals surface area (Å²) in [4.78, 5) is 11.8. The van der Waals surface area contributed by atoms with Gasteiger partial charge in [0.1, 0.15) is 0 Å². The van der Waals surface area contributed by atoms with Crippen molar-refractivity contribution in [2.75, 3.05) is 0 Å². The molecular formula is C14H16N4O. The molecule has 1 aliphatic carbocycles. The Bertz CT molecular complexity index is 617. The maximum Gasteiger partial charge on any atom is 0.220 e. The fourth-order valence-corrected chi connectivity index (χ4v) is 2.36. The minimum Gasteiger partial charge on any atom is -0.349 e. The number of amides is 1. The van der Waals surface area contributed by atoms with E-state index in [0.717, 1.165) is 24.3 Å². The predicted molar refractivity (Wildman–Crippen MR) is 71.3 cm³/mol. The molecule has 2 heterocycles. The summed E-state index contributed by atoms with van der Waals surface area (Å²) in [5, 5.41) is 11.0. The molecule has 0 saturated carbocycles. The van der Waals surface area contributed by atoms with Crippen molar-refractivity contribution in [2.45, 2.75) is 25.8 Å². The zero-order chi connectivity index (χ0) is 13.1. The summed E-state index contributed by atoms with van der Waals surface area (Å²) in [5.74, 6) is 1.23. The van der Waals surface area contributed by atoms with E-state index in [1.807, 2.05) is 28.8 Å². The smallest absolute Gasteiger partial charge is 0.220 e.